The molecule has 1 heterocycles. The second kappa shape index (κ2) is 19.2. The molecular weight excluding hydrogens is 416 g/mol. The molecule has 32 heavy (non-hydrogen) atoms. The maximum absolute atomic E-state index is 9.98. The number of aliphatic hydroxyl groups is 3. The molecule has 1 rings (SSSR count). The van der Waals surface area contributed by atoms with Gasteiger partial charge in [-0.2, -0.15) is 0 Å². The molecule has 186 valence electrons. The number of methoxy groups -OCH3 is 1. The van der Waals surface area contributed by atoms with E-state index in [1.54, 1.807) is 19.2 Å². The number of ether oxygens (including phenoxy) is 4. The number of aromatic nitrogens is 1. The Kier molecular flexibility index (Phi) is 17.2. The lowest BCUT2D eigenvalue weighted by Crippen LogP contribution is -2.33. The number of nitrogens with zero attached hydrogens (tertiary/aromatic N) is 2. The third-order valence-corrected chi connectivity index (χ3v) is 4.89. The first-order valence-electron chi connectivity index (χ1n) is 11.5. The van der Waals surface area contributed by atoms with Gasteiger partial charge in [-0.1, -0.05) is 13.3 Å². The monoisotopic (exact) mass is 458 g/mol. The van der Waals surface area contributed by atoms with Gasteiger partial charge >= 0.3 is 0 Å². The van der Waals surface area contributed by atoms with Gasteiger partial charge in [0.05, 0.1) is 63.7 Å². The Morgan fingerprint density at radius 3 is 2.12 bits per heavy atom. The van der Waals surface area contributed by atoms with Crippen LogP contribution in [-0.4, -0.2) is 97.7 Å². The van der Waals surface area contributed by atoms with Crippen LogP contribution in [0.4, 0.5) is 0 Å². The van der Waals surface area contributed by atoms with E-state index in [2.05, 4.69) is 16.8 Å². The summed E-state index contributed by atoms with van der Waals surface area (Å²) in [4.78, 5) is 6.37. The quantitative estimate of drug-likeness (QED) is 0.235. The average molecular weight is 459 g/mol. The molecule has 0 bridgehead atoms. The van der Waals surface area contributed by atoms with E-state index in [0.29, 0.717) is 63.3 Å². The molecule has 9 nitrogen and oxygen atoms in total. The highest BCUT2D eigenvalue weighted by Gasteiger charge is 2.09. The van der Waals surface area contributed by atoms with Crippen LogP contribution in [0.15, 0.2) is 12.1 Å². The largest absolute Gasteiger partial charge is 0.492 e. The highest BCUT2D eigenvalue weighted by molar-refractivity contribution is 5.26. The lowest BCUT2D eigenvalue weighted by Gasteiger charge is -2.23. The van der Waals surface area contributed by atoms with E-state index in [1.165, 1.54) is 0 Å². The van der Waals surface area contributed by atoms with Crippen molar-refractivity contribution in [3.05, 3.63) is 23.5 Å². The van der Waals surface area contributed by atoms with Crippen LogP contribution in [0.1, 0.15) is 44.0 Å². The van der Waals surface area contributed by atoms with Crippen LogP contribution in [0, 0.1) is 0 Å². The molecule has 1 atom stereocenters. The van der Waals surface area contributed by atoms with Gasteiger partial charge in [0.1, 0.15) is 12.4 Å². The Bertz CT molecular complexity index is 555. The predicted octanol–water partition coefficient (Wildman–Crippen LogP) is 1.37. The van der Waals surface area contributed by atoms with Crippen LogP contribution in [0.25, 0.3) is 0 Å². The lowest BCUT2D eigenvalue weighted by atomic mass is 10.1. The minimum atomic E-state index is -0.246. The normalized spacial score (nSPS) is 12.4. The molecule has 1 aromatic rings. The summed E-state index contributed by atoms with van der Waals surface area (Å²) in [6.45, 7) is 7.22. The van der Waals surface area contributed by atoms with E-state index in [4.69, 9.17) is 18.9 Å². The zero-order valence-electron chi connectivity index (χ0n) is 19.7. The molecule has 0 radical (unpaired) electrons. The first kappa shape index (κ1) is 28.7. The van der Waals surface area contributed by atoms with Crippen molar-refractivity contribution in [2.75, 3.05) is 66.4 Å². The molecule has 0 fully saturated rings. The maximum Gasteiger partial charge on any atom is 0.123 e. The first-order valence-corrected chi connectivity index (χ1v) is 11.5. The Morgan fingerprint density at radius 2 is 1.50 bits per heavy atom. The van der Waals surface area contributed by atoms with Gasteiger partial charge in [-0.05, 0) is 25.8 Å². The smallest absolute Gasteiger partial charge is 0.123 e. The van der Waals surface area contributed by atoms with E-state index >= 15 is 0 Å². The minimum Gasteiger partial charge on any atom is -0.492 e. The van der Waals surface area contributed by atoms with Crippen molar-refractivity contribution in [3.8, 4) is 5.75 Å². The summed E-state index contributed by atoms with van der Waals surface area (Å²) in [5.41, 5.74) is 0.934. The summed E-state index contributed by atoms with van der Waals surface area (Å²) < 4.78 is 21.8. The summed E-state index contributed by atoms with van der Waals surface area (Å²) >= 11 is 0. The van der Waals surface area contributed by atoms with Crippen molar-refractivity contribution < 1.29 is 34.3 Å². The molecule has 1 aromatic heterocycles. The van der Waals surface area contributed by atoms with E-state index in [-0.39, 0.29) is 19.3 Å². The zero-order valence-corrected chi connectivity index (χ0v) is 19.7. The zero-order chi connectivity index (χ0) is 23.4. The van der Waals surface area contributed by atoms with Crippen molar-refractivity contribution in [1.29, 1.82) is 0 Å². The molecule has 1 unspecified atom stereocenters. The molecule has 3 N–H and O–H groups in total. The topological polar surface area (TPSA) is 114 Å². The van der Waals surface area contributed by atoms with Crippen molar-refractivity contribution in [2.45, 2.75) is 51.9 Å². The second-order valence-electron chi connectivity index (χ2n) is 7.59. The average Bonchev–Trinajstić information content (AvgIpc) is 2.80. The highest BCUT2D eigenvalue weighted by atomic mass is 16.5. The summed E-state index contributed by atoms with van der Waals surface area (Å²) in [6.07, 6.45) is 3.25. The minimum absolute atomic E-state index is 0.205. The second-order valence-corrected chi connectivity index (χ2v) is 7.59. The number of hydrogen-bond acceptors (Lipinski definition) is 9. The van der Waals surface area contributed by atoms with E-state index < -0.39 is 0 Å². The van der Waals surface area contributed by atoms with Crippen LogP contribution in [-0.2, 0) is 27.4 Å². The lowest BCUT2D eigenvalue weighted by molar-refractivity contribution is 0.0184. The van der Waals surface area contributed by atoms with Gasteiger partial charge in [0.2, 0.25) is 0 Å². The SMILES string of the molecule is CCCC(O)CCCN(CCOCCOCCOC)CCOc1cc(CO)nc(CO)c1. The predicted molar refractivity (Wildman–Crippen MR) is 122 cm³/mol. The number of aliphatic hydroxyl groups excluding tert-OH is 3. The number of hydrogen-bond donors (Lipinski definition) is 3. The fraction of sp³-hybridized carbons (Fsp3) is 0.783. The van der Waals surface area contributed by atoms with Crippen LogP contribution >= 0.6 is 0 Å². The summed E-state index contributed by atoms with van der Waals surface area (Å²) in [6, 6.07) is 3.36. The van der Waals surface area contributed by atoms with Gasteiger partial charge in [0, 0.05) is 32.3 Å². The van der Waals surface area contributed by atoms with Crippen LogP contribution in [0.2, 0.25) is 0 Å². The standard InChI is InChI=1S/C23H42N2O7/c1-3-5-22(28)6-4-7-25(8-10-30-14-15-31-13-12-29-2)9-11-32-23-16-20(18-26)24-21(17-23)19-27/h16-17,22,26-28H,3-15,18-19H2,1-2H3. The van der Waals surface area contributed by atoms with Gasteiger partial charge in [0.15, 0.2) is 0 Å². The fourth-order valence-corrected chi connectivity index (χ4v) is 3.18. The molecule has 0 saturated carbocycles. The number of pyridine rings is 1. The van der Waals surface area contributed by atoms with Crippen molar-refractivity contribution in [3.63, 3.8) is 0 Å². The Hall–Kier alpha value is -1.33. The van der Waals surface area contributed by atoms with E-state index in [9.17, 15) is 15.3 Å². The fourth-order valence-electron chi connectivity index (χ4n) is 3.18. The van der Waals surface area contributed by atoms with Crippen LogP contribution < -0.4 is 4.74 Å². The van der Waals surface area contributed by atoms with Gasteiger partial charge in [-0.3, -0.25) is 9.88 Å². The van der Waals surface area contributed by atoms with Crippen molar-refractivity contribution >= 4 is 0 Å². The van der Waals surface area contributed by atoms with E-state index in [0.717, 1.165) is 38.8 Å². The molecule has 0 saturated heterocycles. The summed E-state index contributed by atoms with van der Waals surface area (Å²) in [5, 5.41) is 28.6. The highest BCUT2D eigenvalue weighted by Crippen LogP contribution is 2.15. The molecule has 9 heteroatoms. The Morgan fingerprint density at radius 1 is 0.875 bits per heavy atom. The molecule has 0 spiro atoms. The Labute approximate surface area is 192 Å². The molecule has 0 aromatic carbocycles. The van der Waals surface area contributed by atoms with Crippen molar-refractivity contribution in [1.82, 2.24) is 9.88 Å². The van der Waals surface area contributed by atoms with Crippen LogP contribution in [0.5, 0.6) is 5.75 Å². The van der Waals surface area contributed by atoms with E-state index in [1.807, 2.05) is 0 Å². The van der Waals surface area contributed by atoms with Gasteiger partial charge in [0.25, 0.3) is 0 Å². The van der Waals surface area contributed by atoms with Gasteiger partial charge < -0.3 is 34.3 Å². The third-order valence-electron chi connectivity index (χ3n) is 4.89. The number of rotatable bonds is 21. The summed E-state index contributed by atoms with van der Waals surface area (Å²) in [7, 11) is 1.64. The van der Waals surface area contributed by atoms with Gasteiger partial charge in [-0.25, -0.2) is 0 Å². The third kappa shape index (κ3) is 13.9. The molecule has 0 aliphatic rings. The summed E-state index contributed by atoms with van der Waals surface area (Å²) in [5.74, 6) is 0.580. The molecular formula is C23H42N2O7. The first-order chi connectivity index (χ1) is 15.6. The molecule has 0 amide bonds. The van der Waals surface area contributed by atoms with Crippen LogP contribution in [0.3, 0.4) is 0 Å². The van der Waals surface area contributed by atoms with Gasteiger partial charge in [-0.15, -0.1) is 0 Å². The molecule has 0 aliphatic heterocycles. The molecule has 0 aliphatic carbocycles. The maximum atomic E-state index is 9.98. The van der Waals surface area contributed by atoms with Crippen molar-refractivity contribution in [2.24, 2.45) is 0 Å². The Balaban J connectivity index is 2.42.